The van der Waals surface area contributed by atoms with E-state index in [1.807, 2.05) is 0 Å². The monoisotopic (exact) mass is 227 g/mol. The highest BCUT2D eigenvalue weighted by Crippen LogP contribution is 2.39. The second-order valence-electron chi connectivity index (χ2n) is 3.27. The Morgan fingerprint density at radius 3 is 3.00 bits per heavy atom. The third-order valence-corrected chi connectivity index (χ3v) is 2.74. The number of carboxylic acids is 1. The molecule has 0 saturated carbocycles. The molecule has 0 unspecified atom stereocenters. The van der Waals surface area contributed by atoms with E-state index in [0.717, 1.165) is 24.2 Å². The molecule has 0 bridgehead atoms. The maximum Gasteiger partial charge on any atom is 0.339 e. The molecule has 0 spiro atoms. The van der Waals surface area contributed by atoms with E-state index in [1.165, 1.54) is 13.2 Å². The zero-order chi connectivity index (χ0) is 11.0. The second-order valence-corrected chi connectivity index (χ2v) is 3.68. The van der Waals surface area contributed by atoms with Crippen LogP contribution >= 0.6 is 11.6 Å². The number of aromatic carboxylic acids is 1. The number of benzene rings is 1. The topological polar surface area (TPSA) is 58.6 Å². The normalized spacial score (nSPS) is 13.2. The Kier molecular flexibility index (Phi) is 2.44. The lowest BCUT2D eigenvalue weighted by Crippen LogP contribution is -2.03. The van der Waals surface area contributed by atoms with Crippen molar-refractivity contribution in [3.05, 3.63) is 22.2 Å². The number of rotatable bonds is 2. The molecule has 0 fully saturated rings. The first-order chi connectivity index (χ1) is 7.15. The third kappa shape index (κ3) is 1.51. The molecule has 0 radical (unpaired) electrons. The molecule has 15 heavy (non-hydrogen) atoms. The average molecular weight is 228 g/mol. The molecule has 80 valence electrons. The molecule has 1 aromatic rings. The van der Waals surface area contributed by atoms with Crippen LogP contribution in [0.4, 0.5) is 5.69 Å². The van der Waals surface area contributed by atoms with Gasteiger partial charge in [0.2, 0.25) is 0 Å². The fraction of sp³-hybridized carbons (Fsp3) is 0.300. The van der Waals surface area contributed by atoms with E-state index in [9.17, 15) is 4.79 Å². The van der Waals surface area contributed by atoms with Crippen molar-refractivity contribution in [3.63, 3.8) is 0 Å². The van der Waals surface area contributed by atoms with Gasteiger partial charge < -0.3 is 15.2 Å². The van der Waals surface area contributed by atoms with Crippen LogP contribution in [0.1, 0.15) is 15.9 Å². The summed E-state index contributed by atoms with van der Waals surface area (Å²) in [5, 5.41) is 12.5. The highest BCUT2D eigenvalue weighted by molar-refractivity contribution is 6.34. The number of methoxy groups -OCH3 is 1. The van der Waals surface area contributed by atoms with Gasteiger partial charge in [-0.15, -0.1) is 0 Å². The molecule has 1 heterocycles. The number of fused-ring (bicyclic) bond motifs is 1. The lowest BCUT2D eigenvalue weighted by molar-refractivity contribution is 0.0693. The van der Waals surface area contributed by atoms with Gasteiger partial charge >= 0.3 is 5.97 Å². The highest BCUT2D eigenvalue weighted by atomic mass is 35.5. The fourth-order valence-corrected chi connectivity index (χ4v) is 2.11. The fourth-order valence-electron chi connectivity index (χ4n) is 1.82. The van der Waals surface area contributed by atoms with E-state index in [-0.39, 0.29) is 5.56 Å². The SMILES string of the molecule is COc1c(C(=O)O)cc(Cl)c2c1CCN2. The van der Waals surface area contributed by atoms with Gasteiger partial charge in [0.05, 0.1) is 17.8 Å². The molecular formula is C10H10ClNO3. The van der Waals surface area contributed by atoms with Crippen molar-refractivity contribution in [2.75, 3.05) is 19.0 Å². The van der Waals surface area contributed by atoms with Crippen molar-refractivity contribution < 1.29 is 14.6 Å². The van der Waals surface area contributed by atoms with Gasteiger partial charge in [0.1, 0.15) is 11.3 Å². The van der Waals surface area contributed by atoms with Crippen molar-refractivity contribution in [2.45, 2.75) is 6.42 Å². The van der Waals surface area contributed by atoms with Crippen molar-refractivity contribution in [1.29, 1.82) is 0 Å². The molecule has 5 heteroatoms. The lowest BCUT2D eigenvalue weighted by Gasteiger charge is -2.11. The Morgan fingerprint density at radius 2 is 2.40 bits per heavy atom. The van der Waals surface area contributed by atoms with E-state index < -0.39 is 5.97 Å². The Balaban J connectivity index is 2.68. The summed E-state index contributed by atoms with van der Waals surface area (Å²) in [6.07, 6.45) is 0.735. The summed E-state index contributed by atoms with van der Waals surface area (Å²) in [5.41, 5.74) is 1.76. The Morgan fingerprint density at radius 1 is 1.67 bits per heavy atom. The first-order valence-electron chi connectivity index (χ1n) is 4.51. The van der Waals surface area contributed by atoms with E-state index >= 15 is 0 Å². The van der Waals surface area contributed by atoms with Crippen molar-refractivity contribution in [1.82, 2.24) is 0 Å². The zero-order valence-corrected chi connectivity index (χ0v) is 8.89. The molecule has 0 atom stereocenters. The van der Waals surface area contributed by atoms with E-state index in [2.05, 4.69) is 5.32 Å². The predicted molar refractivity (Wildman–Crippen MR) is 57.2 cm³/mol. The van der Waals surface area contributed by atoms with E-state index in [1.54, 1.807) is 0 Å². The number of halogens is 1. The van der Waals surface area contributed by atoms with Gasteiger partial charge in [0, 0.05) is 12.1 Å². The minimum Gasteiger partial charge on any atom is -0.495 e. The Bertz CT molecular complexity index is 431. The summed E-state index contributed by atoms with van der Waals surface area (Å²) in [4.78, 5) is 11.0. The Hall–Kier alpha value is -1.42. The van der Waals surface area contributed by atoms with Crippen molar-refractivity contribution in [3.8, 4) is 5.75 Å². The van der Waals surface area contributed by atoms with Gasteiger partial charge in [-0.25, -0.2) is 4.79 Å². The first-order valence-corrected chi connectivity index (χ1v) is 4.89. The molecule has 0 aromatic heterocycles. The molecule has 2 N–H and O–H groups in total. The number of carbonyl (C=O) groups is 1. The number of ether oxygens (including phenoxy) is 1. The van der Waals surface area contributed by atoms with Crippen molar-refractivity contribution >= 4 is 23.3 Å². The number of anilines is 1. The summed E-state index contributed by atoms with van der Waals surface area (Å²) >= 11 is 5.97. The number of nitrogens with one attached hydrogen (secondary N) is 1. The zero-order valence-electron chi connectivity index (χ0n) is 8.13. The van der Waals surface area contributed by atoms with Crippen LogP contribution in [-0.4, -0.2) is 24.7 Å². The van der Waals surface area contributed by atoms with Gasteiger partial charge in [-0.2, -0.15) is 0 Å². The molecular weight excluding hydrogens is 218 g/mol. The van der Waals surface area contributed by atoms with Crippen LogP contribution in [-0.2, 0) is 6.42 Å². The van der Waals surface area contributed by atoms with Gasteiger partial charge in [-0.3, -0.25) is 0 Å². The summed E-state index contributed by atoms with van der Waals surface area (Å²) in [5.74, 6) is -0.615. The molecule has 4 nitrogen and oxygen atoms in total. The summed E-state index contributed by atoms with van der Waals surface area (Å²) in [7, 11) is 1.47. The van der Waals surface area contributed by atoms with Crippen LogP contribution in [0.2, 0.25) is 5.02 Å². The maximum absolute atomic E-state index is 11.0. The quantitative estimate of drug-likeness (QED) is 0.812. The molecule has 0 saturated heterocycles. The average Bonchev–Trinajstić information content (AvgIpc) is 2.66. The van der Waals surface area contributed by atoms with Gasteiger partial charge in [0.25, 0.3) is 0 Å². The lowest BCUT2D eigenvalue weighted by atomic mass is 10.1. The first kappa shape index (κ1) is 10.1. The molecule has 0 aliphatic carbocycles. The minimum atomic E-state index is -1.02. The largest absolute Gasteiger partial charge is 0.495 e. The van der Waals surface area contributed by atoms with Crippen LogP contribution in [0, 0.1) is 0 Å². The summed E-state index contributed by atoms with van der Waals surface area (Å²) < 4.78 is 5.13. The van der Waals surface area contributed by atoms with Crippen LogP contribution in [0.5, 0.6) is 5.75 Å². The van der Waals surface area contributed by atoms with E-state index in [4.69, 9.17) is 21.4 Å². The maximum atomic E-state index is 11.0. The molecule has 2 rings (SSSR count). The van der Waals surface area contributed by atoms with Gasteiger partial charge in [-0.05, 0) is 12.5 Å². The standard InChI is InChI=1S/C10H10ClNO3/c1-15-9-5-2-3-12-8(5)7(11)4-6(9)10(13)14/h4,12H,2-3H2,1H3,(H,13,14). The number of hydrogen-bond acceptors (Lipinski definition) is 3. The van der Waals surface area contributed by atoms with Crippen LogP contribution in [0.15, 0.2) is 6.07 Å². The van der Waals surface area contributed by atoms with Gasteiger partial charge in [0.15, 0.2) is 0 Å². The van der Waals surface area contributed by atoms with Crippen LogP contribution in [0.25, 0.3) is 0 Å². The number of carboxylic acid groups (broad SMARTS) is 1. The van der Waals surface area contributed by atoms with Crippen LogP contribution in [0.3, 0.4) is 0 Å². The highest BCUT2D eigenvalue weighted by Gasteiger charge is 2.24. The molecule has 0 amide bonds. The molecule has 1 aliphatic rings. The van der Waals surface area contributed by atoms with Crippen molar-refractivity contribution in [2.24, 2.45) is 0 Å². The molecule has 1 aromatic carbocycles. The van der Waals surface area contributed by atoms with Gasteiger partial charge in [-0.1, -0.05) is 11.6 Å². The summed E-state index contributed by atoms with van der Waals surface area (Å²) in [6.45, 7) is 0.758. The number of hydrogen-bond donors (Lipinski definition) is 2. The third-order valence-electron chi connectivity index (χ3n) is 2.44. The second kappa shape index (κ2) is 3.62. The molecule has 1 aliphatic heterocycles. The summed E-state index contributed by atoms with van der Waals surface area (Å²) in [6, 6.07) is 1.42. The predicted octanol–water partition coefficient (Wildman–Crippen LogP) is 2.01. The smallest absolute Gasteiger partial charge is 0.339 e. The minimum absolute atomic E-state index is 0.116. The van der Waals surface area contributed by atoms with E-state index in [0.29, 0.717) is 10.8 Å². The Labute approximate surface area is 91.8 Å². The van der Waals surface area contributed by atoms with Crippen LogP contribution < -0.4 is 10.1 Å².